The van der Waals surface area contributed by atoms with Gasteiger partial charge < -0.3 is 0 Å². The highest BCUT2D eigenvalue weighted by molar-refractivity contribution is 7.99. The van der Waals surface area contributed by atoms with E-state index in [1.165, 1.54) is 11.8 Å². The average molecular weight is 454 g/mol. The van der Waals surface area contributed by atoms with E-state index in [1.807, 2.05) is 47.0 Å². The first kappa shape index (κ1) is 20.7. The lowest BCUT2D eigenvalue weighted by Gasteiger charge is -2.10. The number of ketones is 1. The summed E-state index contributed by atoms with van der Waals surface area (Å²) in [7, 11) is 0. The van der Waals surface area contributed by atoms with Gasteiger partial charge in [-0.15, -0.1) is 10.2 Å². The smallest absolute Gasteiger partial charge is 0.196 e. The van der Waals surface area contributed by atoms with Crippen LogP contribution in [0.15, 0.2) is 84.0 Å². The van der Waals surface area contributed by atoms with Crippen LogP contribution in [0.4, 0.5) is 0 Å². The molecule has 0 aliphatic heterocycles. The van der Waals surface area contributed by atoms with Gasteiger partial charge in [0.05, 0.1) is 5.75 Å². The summed E-state index contributed by atoms with van der Waals surface area (Å²) in [6, 6.07) is 24.5. The molecule has 4 aromatic rings. The van der Waals surface area contributed by atoms with Gasteiger partial charge in [-0.3, -0.25) is 9.36 Å². The van der Waals surface area contributed by atoms with Gasteiger partial charge in [0.15, 0.2) is 10.9 Å². The molecular weight excluding hydrogens is 437 g/mol. The molecule has 0 atom stereocenters. The Morgan fingerprint density at radius 1 is 0.833 bits per heavy atom. The number of benzene rings is 3. The molecular formula is C23H17Cl2N3OS. The topological polar surface area (TPSA) is 47.8 Å². The molecule has 30 heavy (non-hydrogen) atoms. The van der Waals surface area contributed by atoms with Gasteiger partial charge in [0.1, 0.15) is 5.82 Å². The average Bonchev–Trinajstić information content (AvgIpc) is 3.16. The second kappa shape index (κ2) is 9.47. The van der Waals surface area contributed by atoms with Gasteiger partial charge in [-0.25, -0.2) is 0 Å². The number of hydrogen-bond donors (Lipinski definition) is 0. The summed E-state index contributed by atoms with van der Waals surface area (Å²) in [6.45, 7) is 0. The number of nitrogens with zero attached hydrogens (tertiary/aromatic N) is 3. The Labute approximate surface area is 188 Å². The van der Waals surface area contributed by atoms with E-state index in [2.05, 4.69) is 22.3 Å². The van der Waals surface area contributed by atoms with E-state index in [-0.39, 0.29) is 11.5 Å². The largest absolute Gasteiger partial charge is 0.293 e. The minimum absolute atomic E-state index is 0.00642. The zero-order valence-corrected chi connectivity index (χ0v) is 18.2. The van der Waals surface area contributed by atoms with E-state index in [4.69, 9.17) is 23.2 Å². The van der Waals surface area contributed by atoms with Crippen LogP contribution in [0.2, 0.25) is 10.0 Å². The molecule has 150 valence electrons. The molecule has 3 aromatic carbocycles. The molecule has 1 heterocycles. The Morgan fingerprint density at radius 2 is 1.47 bits per heavy atom. The number of Topliss-reactive ketones (excluding diaryl/α,β-unsaturated/α-hetero) is 1. The van der Waals surface area contributed by atoms with E-state index in [9.17, 15) is 4.79 Å². The van der Waals surface area contributed by atoms with Crippen molar-refractivity contribution in [3.8, 4) is 5.69 Å². The molecule has 4 nitrogen and oxygen atoms in total. The van der Waals surface area contributed by atoms with Crippen molar-refractivity contribution in [2.75, 3.05) is 5.75 Å². The first-order valence-electron chi connectivity index (χ1n) is 9.26. The van der Waals surface area contributed by atoms with Crippen molar-refractivity contribution < 1.29 is 4.79 Å². The fourth-order valence-corrected chi connectivity index (χ4v) is 4.10. The van der Waals surface area contributed by atoms with Crippen molar-refractivity contribution in [1.29, 1.82) is 0 Å². The quantitative estimate of drug-likeness (QED) is 0.249. The van der Waals surface area contributed by atoms with E-state index in [0.717, 1.165) is 17.1 Å². The van der Waals surface area contributed by atoms with Crippen LogP contribution in [0, 0.1) is 0 Å². The zero-order chi connectivity index (χ0) is 20.9. The molecule has 0 bridgehead atoms. The maximum absolute atomic E-state index is 12.6. The molecule has 0 saturated carbocycles. The van der Waals surface area contributed by atoms with E-state index >= 15 is 0 Å². The Bertz CT molecular complexity index is 1140. The van der Waals surface area contributed by atoms with Gasteiger partial charge in [-0.2, -0.15) is 0 Å². The Kier molecular flexibility index (Phi) is 6.53. The maximum Gasteiger partial charge on any atom is 0.196 e. The number of rotatable bonds is 7. The molecule has 0 amide bonds. The van der Waals surface area contributed by atoms with Gasteiger partial charge in [0.2, 0.25) is 0 Å². The van der Waals surface area contributed by atoms with Crippen molar-refractivity contribution in [2.24, 2.45) is 0 Å². The minimum atomic E-state index is 0.00642. The highest BCUT2D eigenvalue weighted by Gasteiger charge is 2.17. The van der Waals surface area contributed by atoms with Crippen molar-refractivity contribution in [3.63, 3.8) is 0 Å². The molecule has 0 saturated heterocycles. The lowest BCUT2D eigenvalue weighted by Crippen LogP contribution is -2.06. The first-order valence-corrected chi connectivity index (χ1v) is 11.0. The standard InChI is InChI=1S/C23H17Cl2N3OS/c24-18-8-6-17(7-9-18)21(29)15-30-23-27-26-22(14-16-4-2-1-3-5-16)28(23)20-12-10-19(25)11-13-20/h1-13H,14-15H2. The highest BCUT2D eigenvalue weighted by Crippen LogP contribution is 2.25. The summed E-state index contributed by atoms with van der Waals surface area (Å²) in [4.78, 5) is 12.6. The number of thioether (sulfide) groups is 1. The SMILES string of the molecule is O=C(CSc1nnc(Cc2ccccc2)n1-c1ccc(Cl)cc1)c1ccc(Cl)cc1. The van der Waals surface area contributed by atoms with Crippen LogP contribution in [-0.2, 0) is 6.42 Å². The van der Waals surface area contributed by atoms with Crippen LogP contribution in [0.25, 0.3) is 5.69 Å². The number of carbonyl (C=O) groups is 1. The lowest BCUT2D eigenvalue weighted by molar-refractivity contribution is 0.102. The molecule has 0 aliphatic rings. The summed E-state index contributed by atoms with van der Waals surface area (Å²) in [6.07, 6.45) is 0.627. The van der Waals surface area contributed by atoms with Gasteiger partial charge in [-0.05, 0) is 54.1 Å². The van der Waals surface area contributed by atoms with Crippen LogP contribution in [-0.4, -0.2) is 26.3 Å². The van der Waals surface area contributed by atoms with Crippen LogP contribution in [0.3, 0.4) is 0 Å². The highest BCUT2D eigenvalue weighted by atomic mass is 35.5. The second-order valence-electron chi connectivity index (χ2n) is 6.59. The van der Waals surface area contributed by atoms with E-state index in [1.54, 1.807) is 24.3 Å². The third kappa shape index (κ3) is 4.93. The molecule has 4 rings (SSSR count). The molecule has 7 heteroatoms. The van der Waals surface area contributed by atoms with Gasteiger partial charge in [-0.1, -0.05) is 65.3 Å². The van der Waals surface area contributed by atoms with Gasteiger partial charge in [0, 0.05) is 27.7 Å². The summed E-state index contributed by atoms with van der Waals surface area (Å²) in [5.41, 5.74) is 2.65. The number of aromatic nitrogens is 3. The monoisotopic (exact) mass is 453 g/mol. The van der Waals surface area contributed by atoms with Gasteiger partial charge >= 0.3 is 0 Å². The van der Waals surface area contributed by atoms with Crippen molar-refractivity contribution in [3.05, 3.63) is 106 Å². The second-order valence-corrected chi connectivity index (χ2v) is 8.41. The number of halogens is 2. The summed E-state index contributed by atoms with van der Waals surface area (Å²) >= 11 is 13.3. The van der Waals surface area contributed by atoms with E-state index < -0.39 is 0 Å². The Balaban J connectivity index is 1.61. The predicted octanol–water partition coefficient (Wildman–Crippen LogP) is 6.14. The van der Waals surface area contributed by atoms with Crippen LogP contribution in [0.5, 0.6) is 0 Å². The summed E-state index contributed by atoms with van der Waals surface area (Å²) in [5.74, 6) is 1.05. The fourth-order valence-electron chi connectivity index (χ4n) is 2.99. The predicted molar refractivity (Wildman–Crippen MR) is 122 cm³/mol. The summed E-state index contributed by atoms with van der Waals surface area (Å²) < 4.78 is 1.98. The molecule has 1 aromatic heterocycles. The van der Waals surface area contributed by atoms with Crippen molar-refractivity contribution >= 4 is 40.7 Å². The molecule has 0 radical (unpaired) electrons. The summed E-state index contributed by atoms with van der Waals surface area (Å²) in [5, 5.41) is 10.7. The normalized spacial score (nSPS) is 10.9. The molecule has 0 unspecified atom stereocenters. The Hall–Kier alpha value is -2.60. The van der Waals surface area contributed by atoms with Crippen LogP contribution in [0.1, 0.15) is 21.7 Å². The van der Waals surface area contributed by atoms with Gasteiger partial charge in [0.25, 0.3) is 0 Å². The molecule has 0 fully saturated rings. The number of hydrogen-bond acceptors (Lipinski definition) is 4. The van der Waals surface area contributed by atoms with Crippen LogP contribution >= 0.6 is 35.0 Å². The number of carbonyl (C=O) groups excluding carboxylic acids is 1. The third-order valence-corrected chi connectivity index (χ3v) is 5.92. The van der Waals surface area contributed by atoms with E-state index in [0.29, 0.717) is 27.2 Å². The molecule has 0 N–H and O–H groups in total. The fraction of sp³-hybridized carbons (Fsp3) is 0.0870. The third-order valence-electron chi connectivity index (χ3n) is 4.49. The maximum atomic E-state index is 12.6. The minimum Gasteiger partial charge on any atom is -0.293 e. The van der Waals surface area contributed by atoms with Crippen molar-refractivity contribution in [1.82, 2.24) is 14.8 Å². The molecule has 0 aliphatic carbocycles. The molecule has 0 spiro atoms. The van der Waals surface area contributed by atoms with Crippen LogP contribution < -0.4 is 0 Å². The first-order chi connectivity index (χ1) is 14.6. The zero-order valence-electron chi connectivity index (χ0n) is 15.8. The Morgan fingerprint density at radius 3 is 2.13 bits per heavy atom. The lowest BCUT2D eigenvalue weighted by atomic mass is 10.1. The van der Waals surface area contributed by atoms with Crippen molar-refractivity contribution in [2.45, 2.75) is 11.6 Å².